The second-order valence-electron chi connectivity index (χ2n) is 5.85. The molecule has 1 fully saturated rings. The molecule has 124 valence electrons. The van der Waals surface area contributed by atoms with Crippen LogP contribution in [0.4, 0.5) is 5.13 Å². The van der Waals surface area contributed by atoms with Crippen molar-refractivity contribution in [1.82, 2.24) is 9.88 Å². The highest BCUT2D eigenvalue weighted by atomic mass is 32.1. The summed E-state index contributed by atoms with van der Waals surface area (Å²) >= 11 is 1.60. The van der Waals surface area contributed by atoms with Gasteiger partial charge in [0.25, 0.3) is 5.91 Å². The Morgan fingerprint density at radius 3 is 2.79 bits per heavy atom. The maximum absolute atomic E-state index is 12.5. The Hall–Kier alpha value is -2.59. The topological polar surface area (TPSA) is 89.2 Å². The summed E-state index contributed by atoms with van der Waals surface area (Å²) in [5, 5.41) is 24.9. The molecule has 0 aliphatic carbocycles. The largest absolute Gasteiger partial charge is 0.507 e. The summed E-state index contributed by atoms with van der Waals surface area (Å²) in [5.41, 5.74) is 1.59. The van der Waals surface area contributed by atoms with Crippen LogP contribution in [0.2, 0.25) is 0 Å². The normalized spacial score (nSPS) is 15.1. The summed E-state index contributed by atoms with van der Waals surface area (Å²) < 4.78 is 0. The van der Waals surface area contributed by atoms with Gasteiger partial charge in [-0.05, 0) is 38.0 Å². The predicted octanol–water partition coefficient (Wildman–Crippen LogP) is 2.75. The SMILES string of the molecule is Cc1csc(NC2CCN(C(=O)c3ccc(C#N)c(O)c3)CC2)n1. The summed E-state index contributed by atoms with van der Waals surface area (Å²) in [4.78, 5) is 18.7. The Balaban J connectivity index is 1.59. The first-order chi connectivity index (χ1) is 11.6. The molecular formula is C17H18N4O2S. The fourth-order valence-corrected chi connectivity index (χ4v) is 3.53. The summed E-state index contributed by atoms with van der Waals surface area (Å²) in [5.74, 6) is -0.266. The number of nitriles is 1. The van der Waals surface area contributed by atoms with E-state index in [2.05, 4.69) is 10.3 Å². The number of aromatic nitrogens is 1. The van der Waals surface area contributed by atoms with Gasteiger partial charge in [0.1, 0.15) is 11.8 Å². The molecule has 7 heteroatoms. The highest BCUT2D eigenvalue weighted by molar-refractivity contribution is 7.13. The zero-order chi connectivity index (χ0) is 17.1. The predicted molar refractivity (Wildman–Crippen MR) is 92.2 cm³/mol. The Labute approximate surface area is 144 Å². The molecule has 1 aromatic heterocycles. The van der Waals surface area contributed by atoms with Gasteiger partial charge < -0.3 is 15.3 Å². The molecule has 1 aliphatic rings. The molecule has 1 amide bonds. The summed E-state index contributed by atoms with van der Waals surface area (Å²) in [6.07, 6.45) is 1.71. The van der Waals surface area contributed by atoms with Crippen LogP contribution in [-0.4, -0.2) is 40.0 Å². The number of carbonyl (C=O) groups excluding carboxylic acids is 1. The number of amides is 1. The summed E-state index contributed by atoms with van der Waals surface area (Å²) in [6.45, 7) is 3.28. The lowest BCUT2D eigenvalue weighted by atomic mass is 10.0. The number of nitrogens with one attached hydrogen (secondary N) is 1. The van der Waals surface area contributed by atoms with Crippen LogP contribution in [0.1, 0.15) is 34.5 Å². The molecule has 1 aromatic carbocycles. The van der Waals surface area contributed by atoms with E-state index in [0.717, 1.165) is 23.7 Å². The van der Waals surface area contributed by atoms with Gasteiger partial charge in [0, 0.05) is 30.1 Å². The number of thiazole rings is 1. The Morgan fingerprint density at radius 1 is 1.46 bits per heavy atom. The number of hydrogen-bond acceptors (Lipinski definition) is 6. The molecule has 2 N–H and O–H groups in total. The number of aromatic hydroxyl groups is 1. The van der Waals surface area contributed by atoms with E-state index >= 15 is 0 Å². The Kier molecular flexibility index (Phi) is 4.67. The number of likely N-dealkylation sites (tertiary alicyclic amines) is 1. The quantitative estimate of drug-likeness (QED) is 0.895. The van der Waals surface area contributed by atoms with Crippen LogP contribution >= 0.6 is 11.3 Å². The number of piperidine rings is 1. The molecule has 0 unspecified atom stereocenters. The zero-order valence-corrected chi connectivity index (χ0v) is 14.1. The van der Waals surface area contributed by atoms with Crippen molar-refractivity contribution in [3.8, 4) is 11.8 Å². The molecule has 0 spiro atoms. The van der Waals surface area contributed by atoms with Crippen LogP contribution in [0.5, 0.6) is 5.75 Å². The number of rotatable bonds is 3. The first kappa shape index (κ1) is 16.3. The third-order valence-corrected chi connectivity index (χ3v) is 4.99. The van der Waals surface area contributed by atoms with Crippen molar-refractivity contribution >= 4 is 22.4 Å². The van der Waals surface area contributed by atoms with Crippen molar-refractivity contribution in [2.75, 3.05) is 18.4 Å². The lowest BCUT2D eigenvalue weighted by Gasteiger charge is -2.32. The number of benzene rings is 1. The van der Waals surface area contributed by atoms with Crippen molar-refractivity contribution in [2.24, 2.45) is 0 Å². The van der Waals surface area contributed by atoms with Crippen molar-refractivity contribution in [2.45, 2.75) is 25.8 Å². The monoisotopic (exact) mass is 342 g/mol. The van der Waals surface area contributed by atoms with Crippen LogP contribution in [0.25, 0.3) is 0 Å². The molecule has 2 heterocycles. The third-order valence-electron chi connectivity index (χ3n) is 4.09. The van der Waals surface area contributed by atoms with Crippen LogP contribution in [0.15, 0.2) is 23.6 Å². The standard InChI is InChI=1S/C17H18N4O2S/c1-11-10-24-17(19-11)20-14-4-6-21(7-5-14)16(23)12-2-3-13(9-18)15(22)8-12/h2-3,8,10,14,22H,4-7H2,1H3,(H,19,20). The van der Waals surface area contributed by atoms with Gasteiger partial charge in [-0.3, -0.25) is 4.79 Å². The van der Waals surface area contributed by atoms with E-state index in [9.17, 15) is 9.90 Å². The maximum Gasteiger partial charge on any atom is 0.253 e. The average molecular weight is 342 g/mol. The lowest BCUT2D eigenvalue weighted by molar-refractivity contribution is 0.0718. The minimum Gasteiger partial charge on any atom is -0.507 e. The minimum atomic E-state index is -0.154. The van der Waals surface area contributed by atoms with E-state index in [1.165, 1.54) is 12.1 Å². The Bertz CT molecular complexity index is 788. The van der Waals surface area contributed by atoms with Gasteiger partial charge in [0.2, 0.25) is 0 Å². The number of aryl methyl sites for hydroxylation is 1. The van der Waals surface area contributed by atoms with Crippen molar-refractivity contribution in [3.05, 3.63) is 40.4 Å². The highest BCUT2D eigenvalue weighted by Gasteiger charge is 2.24. The second-order valence-corrected chi connectivity index (χ2v) is 6.71. The van der Waals surface area contributed by atoms with E-state index in [4.69, 9.17) is 5.26 Å². The molecule has 6 nitrogen and oxygen atoms in total. The maximum atomic E-state index is 12.5. The van der Waals surface area contributed by atoms with E-state index in [1.807, 2.05) is 18.4 Å². The van der Waals surface area contributed by atoms with Crippen molar-refractivity contribution in [1.29, 1.82) is 5.26 Å². The van der Waals surface area contributed by atoms with Gasteiger partial charge in [0.05, 0.1) is 11.3 Å². The molecule has 0 saturated carbocycles. The van der Waals surface area contributed by atoms with Gasteiger partial charge in [-0.1, -0.05) is 0 Å². The average Bonchev–Trinajstić information content (AvgIpc) is 2.99. The fraction of sp³-hybridized carbons (Fsp3) is 0.353. The van der Waals surface area contributed by atoms with E-state index in [-0.39, 0.29) is 17.2 Å². The summed E-state index contributed by atoms with van der Waals surface area (Å²) in [7, 11) is 0. The molecule has 24 heavy (non-hydrogen) atoms. The number of carbonyl (C=O) groups is 1. The lowest BCUT2D eigenvalue weighted by Crippen LogP contribution is -2.42. The van der Waals surface area contributed by atoms with Crippen LogP contribution in [-0.2, 0) is 0 Å². The molecule has 2 aromatic rings. The van der Waals surface area contributed by atoms with E-state index < -0.39 is 0 Å². The van der Waals surface area contributed by atoms with Crippen LogP contribution < -0.4 is 5.32 Å². The molecule has 0 radical (unpaired) electrons. The van der Waals surface area contributed by atoms with Crippen LogP contribution in [0.3, 0.4) is 0 Å². The van der Waals surface area contributed by atoms with Gasteiger partial charge in [-0.15, -0.1) is 11.3 Å². The van der Waals surface area contributed by atoms with E-state index in [1.54, 1.807) is 22.3 Å². The second kappa shape index (κ2) is 6.89. The molecule has 1 aliphatic heterocycles. The minimum absolute atomic E-state index is 0.113. The summed E-state index contributed by atoms with van der Waals surface area (Å²) in [6, 6.07) is 6.62. The first-order valence-electron chi connectivity index (χ1n) is 7.78. The van der Waals surface area contributed by atoms with Gasteiger partial charge >= 0.3 is 0 Å². The molecule has 0 atom stereocenters. The number of hydrogen-bond donors (Lipinski definition) is 2. The van der Waals surface area contributed by atoms with Gasteiger partial charge in [-0.2, -0.15) is 5.26 Å². The number of anilines is 1. The smallest absolute Gasteiger partial charge is 0.253 e. The zero-order valence-electron chi connectivity index (χ0n) is 13.3. The van der Waals surface area contributed by atoms with Crippen molar-refractivity contribution < 1.29 is 9.90 Å². The number of phenolic OH excluding ortho intramolecular Hbond substituents is 1. The molecule has 3 rings (SSSR count). The Morgan fingerprint density at radius 2 is 2.21 bits per heavy atom. The fourth-order valence-electron chi connectivity index (χ4n) is 2.76. The van der Waals surface area contributed by atoms with Crippen LogP contribution in [0, 0.1) is 18.3 Å². The molecule has 1 saturated heterocycles. The van der Waals surface area contributed by atoms with E-state index in [0.29, 0.717) is 24.7 Å². The van der Waals surface area contributed by atoms with Gasteiger partial charge in [-0.25, -0.2) is 4.98 Å². The third kappa shape index (κ3) is 3.49. The first-order valence-corrected chi connectivity index (χ1v) is 8.66. The number of phenols is 1. The van der Waals surface area contributed by atoms with Crippen molar-refractivity contribution in [3.63, 3.8) is 0 Å². The highest BCUT2D eigenvalue weighted by Crippen LogP contribution is 2.23. The van der Waals surface area contributed by atoms with Gasteiger partial charge in [0.15, 0.2) is 5.13 Å². The molecule has 0 bridgehead atoms. The number of nitrogens with zero attached hydrogens (tertiary/aromatic N) is 3. The molecular weight excluding hydrogens is 324 g/mol.